The van der Waals surface area contributed by atoms with Crippen molar-refractivity contribution in [3.05, 3.63) is 68.5 Å². The summed E-state index contributed by atoms with van der Waals surface area (Å²) in [4.78, 5) is 50.0. The highest BCUT2D eigenvalue weighted by molar-refractivity contribution is 6.17. The molecule has 2 aromatic heterocycles. The van der Waals surface area contributed by atoms with E-state index in [1.54, 1.807) is 56.3 Å². The van der Waals surface area contributed by atoms with E-state index in [4.69, 9.17) is 9.47 Å². The van der Waals surface area contributed by atoms with Gasteiger partial charge in [0.1, 0.15) is 0 Å². The Bertz CT molecular complexity index is 1390. The van der Waals surface area contributed by atoms with Crippen LogP contribution in [0.5, 0.6) is 0 Å². The molecule has 0 bridgehead atoms. The van der Waals surface area contributed by atoms with Gasteiger partial charge in [-0.25, -0.2) is 0 Å². The molecule has 0 aliphatic heterocycles. The summed E-state index contributed by atoms with van der Waals surface area (Å²) in [5.41, 5.74) is -1.20. The number of hydrogen-bond donors (Lipinski definition) is 0. The lowest BCUT2D eigenvalue weighted by Gasteiger charge is -2.17. The number of benzene rings is 2. The maximum Gasteiger partial charge on any atom is 0.339 e. The minimum Gasteiger partial charge on any atom is -0.465 e. The first-order chi connectivity index (χ1) is 14.9. The van der Waals surface area contributed by atoms with E-state index >= 15 is 0 Å². The van der Waals surface area contributed by atoms with E-state index in [0.29, 0.717) is 16.4 Å². The summed E-state index contributed by atoms with van der Waals surface area (Å²) in [5.74, 6) is -3.78. The van der Waals surface area contributed by atoms with Crippen LogP contribution in [0, 0.1) is 10.1 Å². The van der Waals surface area contributed by atoms with Crippen molar-refractivity contribution in [1.29, 1.82) is 0 Å². The molecule has 0 atom stereocenters. The summed E-state index contributed by atoms with van der Waals surface area (Å²) >= 11 is 0. The van der Waals surface area contributed by atoms with Gasteiger partial charge in [-0.2, -0.15) is 0 Å². The predicted octanol–water partition coefficient (Wildman–Crippen LogP) is 3.16. The standard InChI is InChI=1S/C22H18N2O7/c1-3-30-21(26)17(22(27)31-4-2)16-14-10-7-9-13-12-8-5-6-11-15(12)23(18(13)14)20(25)19(16)24(28)29/h5-11,17H,3-4H2,1-2H3. The van der Waals surface area contributed by atoms with Crippen molar-refractivity contribution in [2.45, 2.75) is 19.8 Å². The fourth-order valence-corrected chi connectivity index (χ4v) is 4.05. The van der Waals surface area contributed by atoms with Crippen LogP contribution in [-0.4, -0.2) is 34.5 Å². The van der Waals surface area contributed by atoms with E-state index in [1.807, 2.05) is 0 Å². The smallest absolute Gasteiger partial charge is 0.339 e. The highest BCUT2D eigenvalue weighted by atomic mass is 16.6. The zero-order valence-electron chi connectivity index (χ0n) is 16.8. The van der Waals surface area contributed by atoms with Crippen LogP contribution in [0.2, 0.25) is 0 Å². The molecule has 0 aliphatic rings. The third kappa shape index (κ3) is 2.97. The van der Waals surface area contributed by atoms with E-state index < -0.39 is 34.0 Å². The van der Waals surface area contributed by atoms with Crippen LogP contribution in [0.3, 0.4) is 0 Å². The first-order valence-corrected chi connectivity index (χ1v) is 9.71. The number of ether oxygens (including phenoxy) is 2. The SMILES string of the molecule is CCOC(=O)C(C(=O)OCC)c1c([N+](=O)[O-])c(=O)n2c3ccccc3c3cccc1c32. The molecule has 2 aromatic carbocycles. The van der Waals surface area contributed by atoms with Gasteiger partial charge in [-0.15, -0.1) is 0 Å². The van der Waals surface area contributed by atoms with Crippen LogP contribution in [-0.2, 0) is 19.1 Å². The van der Waals surface area contributed by atoms with Gasteiger partial charge in [0.2, 0.25) is 0 Å². The number of esters is 2. The van der Waals surface area contributed by atoms with Crippen LogP contribution in [0.15, 0.2) is 47.3 Å². The van der Waals surface area contributed by atoms with Gasteiger partial charge in [0, 0.05) is 16.2 Å². The highest BCUT2D eigenvalue weighted by Gasteiger charge is 2.41. The minimum absolute atomic E-state index is 0.0474. The van der Waals surface area contributed by atoms with Gasteiger partial charge in [0.25, 0.3) is 0 Å². The van der Waals surface area contributed by atoms with Crippen molar-refractivity contribution in [3.8, 4) is 0 Å². The molecule has 0 unspecified atom stereocenters. The molecule has 0 saturated heterocycles. The van der Waals surface area contributed by atoms with Gasteiger partial charge in [-0.3, -0.25) is 28.9 Å². The summed E-state index contributed by atoms with van der Waals surface area (Å²) in [5, 5.41) is 13.7. The molecule has 0 spiro atoms. The molecule has 9 nitrogen and oxygen atoms in total. The largest absolute Gasteiger partial charge is 0.465 e. The van der Waals surface area contributed by atoms with Gasteiger partial charge < -0.3 is 9.47 Å². The lowest BCUT2D eigenvalue weighted by molar-refractivity contribution is -0.387. The first-order valence-electron chi connectivity index (χ1n) is 9.71. The Kier molecular flexibility index (Phi) is 5.02. The zero-order valence-corrected chi connectivity index (χ0v) is 16.8. The molecule has 4 rings (SSSR count). The summed E-state index contributed by atoms with van der Waals surface area (Å²) in [6.07, 6.45) is 0. The minimum atomic E-state index is -1.76. The Morgan fingerprint density at radius 3 is 2.16 bits per heavy atom. The first kappa shape index (κ1) is 20.3. The number of aromatic nitrogens is 1. The Balaban J connectivity index is 2.23. The van der Waals surface area contributed by atoms with Crippen LogP contribution in [0.4, 0.5) is 5.69 Å². The fourth-order valence-electron chi connectivity index (χ4n) is 4.05. The average Bonchev–Trinajstić information content (AvgIpc) is 3.08. The summed E-state index contributed by atoms with van der Waals surface area (Å²) in [6.45, 7) is 3.00. The van der Waals surface area contributed by atoms with Crippen molar-refractivity contribution in [3.63, 3.8) is 0 Å². The maximum absolute atomic E-state index is 13.4. The predicted molar refractivity (Wildman–Crippen MR) is 113 cm³/mol. The number of rotatable bonds is 6. The maximum atomic E-state index is 13.4. The van der Waals surface area contributed by atoms with E-state index in [0.717, 1.165) is 5.39 Å². The molecule has 0 radical (unpaired) electrons. The second-order valence-corrected chi connectivity index (χ2v) is 6.82. The molecule has 9 heteroatoms. The van der Waals surface area contributed by atoms with Gasteiger partial charge >= 0.3 is 23.2 Å². The molecule has 0 aliphatic carbocycles. The quantitative estimate of drug-likeness (QED) is 0.203. The molecular formula is C22H18N2O7. The lowest BCUT2D eigenvalue weighted by Crippen LogP contribution is -2.30. The molecule has 0 saturated carbocycles. The number of carbonyl (C=O) groups excluding carboxylic acids is 2. The molecule has 0 N–H and O–H groups in total. The van der Waals surface area contributed by atoms with Gasteiger partial charge in [-0.05, 0) is 19.9 Å². The number of para-hydroxylation sites is 2. The normalized spacial score (nSPS) is 11.5. The third-order valence-corrected chi connectivity index (χ3v) is 5.16. The molecule has 2 heterocycles. The van der Waals surface area contributed by atoms with Gasteiger partial charge in [0.05, 0.1) is 34.7 Å². The van der Waals surface area contributed by atoms with Crippen molar-refractivity contribution in [1.82, 2.24) is 4.40 Å². The zero-order chi connectivity index (χ0) is 22.3. The van der Waals surface area contributed by atoms with Crippen LogP contribution in [0.25, 0.3) is 27.2 Å². The lowest BCUT2D eigenvalue weighted by atomic mass is 9.93. The van der Waals surface area contributed by atoms with Crippen molar-refractivity contribution in [2.24, 2.45) is 0 Å². The van der Waals surface area contributed by atoms with Crippen LogP contribution >= 0.6 is 0 Å². The number of fused-ring (bicyclic) bond motifs is 3. The van der Waals surface area contributed by atoms with E-state index in [1.165, 1.54) is 4.40 Å². The molecular weight excluding hydrogens is 404 g/mol. The van der Waals surface area contributed by atoms with Crippen molar-refractivity contribution in [2.75, 3.05) is 13.2 Å². The van der Waals surface area contributed by atoms with Gasteiger partial charge in [0.15, 0.2) is 5.92 Å². The van der Waals surface area contributed by atoms with E-state index in [9.17, 15) is 24.5 Å². The van der Waals surface area contributed by atoms with Crippen LogP contribution in [0.1, 0.15) is 25.3 Å². The Labute approximate surface area is 175 Å². The van der Waals surface area contributed by atoms with Crippen molar-refractivity contribution < 1.29 is 24.0 Å². The number of pyridine rings is 1. The third-order valence-electron chi connectivity index (χ3n) is 5.16. The second kappa shape index (κ2) is 7.67. The molecule has 0 amide bonds. The molecule has 158 valence electrons. The number of nitro groups is 1. The Morgan fingerprint density at radius 2 is 1.55 bits per heavy atom. The molecule has 4 aromatic rings. The van der Waals surface area contributed by atoms with E-state index in [2.05, 4.69) is 0 Å². The Morgan fingerprint density at radius 1 is 0.968 bits per heavy atom. The average molecular weight is 422 g/mol. The van der Waals surface area contributed by atoms with Gasteiger partial charge in [-0.1, -0.05) is 36.4 Å². The fraction of sp³-hybridized carbons (Fsp3) is 0.227. The molecule has 31 heavy (non-hydrogen) atoms. The summed E-state index contributed by atoms with van der Waals surface area (Å²) in [7, 11) is 0. The van der Waals surface area contributed by atoms with E-state index in [-0.39, 0.29) is 24.2 Å². The number of hydrogen-bond acceptors (Lipinski definition) is 7. The van der Waals surface area contributed by atoms with Crippen molar-refractivity contribution >= 4 is 44.8 Å². The second-order valence-electron chi connectivity index (χ2n) is 6.82. The Hall–Kier alpha value is -4.01. The van der Waals surface area contributed by atoms with Crippen LogP contribution < -0.4 is 5.56 Å². The summed E-state index contributed by atoms with van der Waals surface area (Å²) in [6, 6.07) is 12.0. The topological polar surface area (TPSA) is 117 Å². The summed E-state index contributed by atoms with van der Waals surface area (Å²) < 4.78 is 11.3. The number of nitrogens with zero attached hydrogens (tertiary/aromatic N) is 2. The number of carbonyl (C=O) groups is 2. The molecule has 0 fully saturated rings. The monoisotopic (exact) mass is 422 g/mol. The highest BCUT2D eigenvalue weighted by Crippen LogP contribution is 2.38.